The largest absolute Gasteiger partial charge is 0.453 e. The Morgan fingerprint density at radius 2 is 0.943 bits per heavy atom. The molecule has 7 heteroatoms. The highest BCUT2D eigenvalue weighted by atomic mass is 35.5. The number of hydrogen-bond acceptors (Lipinski definition) is 3. The second-order valence-electron chi connectivity index (χ2n) is 8.79. The molecule has 0 N–H and O–H groups in total. The van der Waals surface area contributed by atoms with E-state index in [1.54, 1.807) is 24.3 Å². The molecule has 2 unspecified atom stereocenters. The lowest BCUT2D eigenvalue weighted by Gasteiger charge is -2.52. The molecule has 2 bridgehead atoms. The van der Waals surface area contributed by atoms with E-state index in [-0.39, 0.29) is 0 Å². The second kappa shape index (κ2) is 8.06. The molecule has 2 atom stereocenters. The molecule has 4 aromatic carbocycles. The molecule has 0 spiro atoms. The summed E-state index contributed by atoms with van der Waals surface area (Å²) in [5.41, 5.74) is 4.59. The summed E-state index contributed by atoms with van der Waals surface area (Å²) < 4.78 is 20.5. The van der Waals surface area contributed by atoms with Crippen LogP contribution in [0.25, 0.3) is 0 Å². The van der Waals surface area contributed by atoms with Crippen LogP contribution in [0, 0.1) is 13.8 Å². The lowest BCUT2D eigenvalue weighted by atomic mass is 9.86. The van der Waals surface area contributed by atoms with Crippen LogP contribution >= 0.6 is 46.4 Å². The van der Waals surface area contributed by atoms with Crippen LogP contribution in [-0.4, -0.2) is 0 Å². The minimum absolute atomic E-state index is 0.401. The van der Waals surface area contributed by atoms with Gasteiger partial charge in [0.1, 0.15) is 11.5 Å². The van der Waals surface area contributed by atoms with Crippen molar-refractivity contribution in [2.24, 2.45) is 0 Å². The summed E-state index contributed by atoms with van der Waals surface area (Å²) in [5.74, 6) is -1.70. The highest BCUT2D eigenvalue weighted by molar-refractivity contribution is 6.35. The van der Waals surface area contributed by atoms with Crippen molar-refractivity contribution in [3.05, 3.63) is 126 Å². The Labute approximate surface area is 223 Å². The lowest BCUT2D eigenvalue weighted by molar-refractivity contribution is -0.322. The van der Waals surface area contributed by atoms with Gasteiger partial charge in [-0.2, -0.15) is 0 Å². The monoisotopic (exact) mass is 542 g/mol. The summed E-state index contributed by atoms with van der Waals surface area (Å²) in [6.07, 6.45) is 0. The van der Waals surface area contributed by atoms with Crippen LogP contribution in [0.4, 0.5) is 0 Å². The third kappa shape index (κ3) is 3.45. The molecule has 0 radical (unpaired) electrons. The third-order valence-corrected chi connectivity index (χ3v) is 7.44. The van der Waals surface area contributed by atoms with E-state index >= 15 is 0 Å². The van der Waals surface area contributed by atoms with Gasteiger partial charge in [-0.25, -0.2) is 0 Å². The zero-order valence-electron chi connectivity index (χ0n) is 18.7. The Morgan fingerprint density at radius 1 is 0.514 bits per heavy atom. The van der Waals surface area contributed by atoms with E-state index in [2.05, 4.69) is 0 Å². The van der Waals surface area contributed by atoms with Crippen molar-refractivity contribution < 1.29 is 14.2 Å². The van der Waals surface area contributed by atoms with Gasteiger partial charge in [-0.3, -0.25) is 4.74 Å². The first kappa shape index (κ1) is 23.0. The summed E-state index contributed by atoms with van der Waals surface area (Å²) in [6.45, 7) is 3.99. The number of halogens is 4. The molecular weight excluding hydrogens is 526 g/mol. The molecule has 0 aliphatic carbocycles. The van der Waals surface area contributed by atoms with Gasteiger partial charge in [0.25, 0.3) is 11.6 Å². The fourth-order valence-corrected chi connectivity index (χ4v) is 5.84. The Balaban J connectivity index is 1.75. The SMILES string of the molecule is Cc1ccc2c(c1)C1(c3ccc(Cl)cc3Cl)Oc3ccc(C)cc3C(c3ccc(Cl)cc3Cl)(O2)O1. The molecule has 6 rings (SSSR count). The normalized spacial score (nSPS) is 22.0. The molecule has 2 aliphatic rings. The van der Waals surface area contributed by atoms with Crippen molar-refractivity contribution in [1.29, 1.82) is 0 Å². The average Bonchev–Trinajstić information content (AvgIpc) is 2.80. The molecule has 3 nitrogen and oxygen atoms in total. The van der Waals surface area contributed by atoms with E-state index in [0.717, 1.165) is 11.1 Å². The molecule has 0 saturated carbocycles. The maximum atomic E-state index is 6.97. The van der Waals surface area contributed by atoms with Crippen LogP contribution in [0.5, 0.6) is 11.5 Å². The maximum Gasteiger partial charge on any atom is 0.273 e. The molecule has 0 saturated heterocycles. The number of ether oxygens (including phenoxy) is 3. The Kier molecular flexibility index (Phi) is 5.30. The highest BCUT2D eigenvalue weighted by Gasteiger charge is 2.61. The van der Waals surface area contributed by atoms with Crippen LogP contribution in [0.1, 0.15) is 33.4 Å². The summed E-state index contributed by atoms with van der Waals surface area (Å²) in [5, 5.41) is 1.81. The van der Waals surface area contributed by atoms with Gasteiger partial charge in [-0.1, -0.05) is 69.7 Å². The molecule has 176 valence electrons. The van der Waals surface area contributed by atoms with E-state index in [4.69, 9.17) is 60.6 Å². The number of hydrogen-bond donors (Lipinski definition) is 0. The molecular formula is C28H18Cl4O3. The van der Waals surface area contributed by atoms with Gasteiger partial charge >= 0.3 is 0 Å². The number of fused-ring (bicyclic) bond motifs is 6. The minimum Gasteiger partial charge on any atom is -0.453 e. The van der Waals surface area contributed by atoms with Gasteiger partial charge in [0.05, 0.1) is 21.2 Å². The summed E-state index contributed by atoms with van der Waals surface area (Å²) in [4.78, 5) is 0. The number of rotatable bonds is 2. The lowest BCUT2D eigenvalue weighted by Crippen LogP contribution is -2.56. The first-order chi connectivity index (χ1) is 16.7. The fourth-order valence-electron chi connectivity index (χ4n) is 4.78. The summed E-state index contributed by atoms with van der Waals surface area (Å²) in [6, 6.07) is 22.2. The topological polar surface area (TPSA) is 27.7 Å². The van der Waals surface area contributed by atoms with Crippen molar-refractivity contribution in [2.45, 2.75) is 25.4 Å². The maximum absolute atomic E-state index is 6.97. The van der Waals surface area contributed by atoms with Crippen LogP contribution < -0.4 is 9.47 Å². The zero-order valence-corrected chi connectivity index (χ0v) is 21.7. The predicted octanol–water partition coefficient (Wildman–Crippen LogP) is 8.82. The third-order valence-electron chi connectivity index (χ3n) is 6.35. The summed E-state index contributed by atoms with van der Waals surface area (Å²) in [7, 11) is 0. The standard InChI is InChI=1S/C28H18Cl4O3/c1-15-3-9-25-21(11-15)27(19-7-5-17(29)13-23(19)31)34-26-10-4-16(2)12-22(26)28(33-25,35-27)20-8-6-18(30)14-24(20)32/h3-14H,1-2H3. The highest BCUT2D eigenvalue weighted by Crippen LogP contribution is 2.60. The average molecular weight is 544 g/mol. The Bertz CT molecular complexity index is 1410. The molecule has 2 heterocycles. The molecule has 2 aliphatic heterocycles. The number of benzene rings is 4. The molecule has 4 aromatic rings. The quantitative estimate of drug-likeness (QED) is 0.253. The van der Waals surface area contributed by atoms with E-state index in [9.17, 15) is 0 Å². The van der Waals surface area contributed by atoms with E-state index < -0.39 is 11.6 Å². The van der Waals surface area contributed by atoms with E-state index in [0.29, 0.717) is 53.8 Å². The first-order valence-electron chi connectivity index (χ1n) is 10.9. The molecule has 0 fully saturated rings. The van der Waals surface area contributed by atoms with E-state index in [1.165, 1.54) is 0 Å². The Hall–Kier alpha value is -2.40. The van der Waals surface area contributed by atoms with E-state index in [1.807, 2.05) is 62.4 Å². The minimum atomic E-state index is -1.44. The van der Waals surface area contributed by atoms with Gasteiger partial charge in [0.2, 0.25) is 0 Å². The predicted molar refractivity (Wildman–Crippen MR) is 139 cm³/mol. The van der Waals surface area contributed by atoms with Crippen molar-refractivity contribution in [3.63, 3.8) is 0 Å². The fraction of sp³-hybridized carbons (Fsp3) is 0.143. The van der Waals surface area contributed by atoms with Crippen molar-refractivity contribution in [1.82, 2.24) is 0 Å². The first-order valence-corrected chi connectivity index (χ1v) is 12.4. The van der Waals surface area contributed by atoms with Gasteiger partial charge < -0.3 is 9.47 Å². The molecule has 0 amide bonds. The van der Waals surface area contributed by atoms with Crippen molar-refractivity contribution in [2.75, 3.05) is 0 Å². The van der Waals surface area contributed by atoms with Crippen molar-refractivity contribution in [3.8, 4) is 11.5 Å². The Morgan fingerprint density at radius 3 is 1.34 bits per heavy atom. The van der Waals surface area contributed by atoms with Gasteiger partial charge in [-0.05, 0) is 74.5 Å². The van der Waals surface area contributed by atoms with Crippen LogP contribution in [0.2, 0.25) is 20.1 Å². The van der Waals surface area contributed by atoms with Gasteiger partial charge in [-0.15, -0.1) is 0 Å². The van der Waals surface area contributed by atoms with Gasteiger partial charge in [0, 0.05) is 21.2 Å². The smallest absolute Gasteiger partial charge is 0.273 e. The molecule has 35 heavy (non-hydrogen) atoms. The van der Waals surface area contributed by atoms with Crippen molar-refractivity contribution >= 4 is 46.4 Å². The molecule has 0 aromatic heterocycles. The second-order valence-corrected chi connectivity index (χ2v) is 10.5. The van der Waals surface area contributed by atoms with Crippen LogP contribution in [0.3, 0.4) is 0 Å². The summed E-state index contributed by atoms with van der Waals surface area (Å²) >= 11 is 26.1. The van der Waals surface area contributed by atoms with Crippen LogP contribution in [-0.2, 0) is 16.3 Å². The zero-order chi connectivity index (χ0) is 24.5. The van der Waals surface area contributed by atoms with Gasteiger partial charge in [0.15, 0.2) is 0 Å². The number of aryl methyl sites for hydroxylation is 2. The van der Waals surface area contributed by atoms with Crippen LogP contribution in [0.15, 0.2) is 72.8 Å².